The van der Waals surface area contributed by atoms with Crippen molar-refractivity contribution in [3.05, 3.63) is 42.0 Å². The van der Waals surface area contributed by atoms with Crippen molar-refractivity contribution in [3.63, 3.8) is 0 Å². The second-order valence-corrected chi connectivity index (χ2v) is 11.0. The van der Waals surface area contributed by atoms with Gasteiger partial charge in [-0.3, -0.25) is 10.1 Å². The number of nitrogens with one attached hydrogen (secondary N) is 1. The van der Waals surface area contributed by atoms with Gasteiger partial charge < -0.3 is 18.6 Å². The van der Waals surface area contributed by atoms with Crippen molar-refractivity contribution in [2.75, 3.05) is 38.2 Å². The van der Waals surface area contributed by atoms with Gasteiger partial charge in [0.15, 0.2) is 11.5 Å². The summed E-state index contributed by atoms with van der Waals surface area (Å²) in [6, 6.07) is 9.12. The summed E-state index contributed by atoms with van der Waals surface area (Å²) in [5, 5.41) is 10.6. The highest BCUT2D eigenvalue weighted by Crippen LogP contribution is 2.41. The van der Waals surface area contributed by atoms with Crippen LogP contribution in [0.4, 0.5) is 6.01 Å². The number of aromatic nitrogens is 2. The molecule has 0 fully saturated rings. The van der Waals surface area contributed by atoms with E-state index in [-0.39, 0.29) is 22.4 Å². The minimum absolute atomic E-state index is 0.114. The van der Waals surface area contributed by atoms with Gasteiger partial charge in [0.05, 0.1) is 24.7 Å². The molecule has 0 bridgehead atoms. The third-order valence-corrected chi connectivity index (χ3v) is 7.99. The number of benzene rings is 2. The predicted molar refractivity (Wildman–Crippen MR) is 156 cm³/mol. The summed E-state index contributed by atoms with van der Waals surface area (Å²) in [7, 11) is -3.67. The van der Waals surface area contributed by atoms with E-state index < -0.39 is 15.9 Å². The van der Waals surface area contributed by atoms with E-state index in [4.69, 9.17) is 18.6 Å². The second kappa shape index (κ2) is 15.4. The third kappa shape index (κ3) is 8.20. The summed E-state index contributed by atoms with van der Waals surface area (Å²) in [5.41, 5.74) is 0.773. The van der Waals surface area contributed by atoms with Crippen molar-refractivity contribution in [2.45, 2.75) is 65.2 Å². The number of carbonyl (C=O) groups excluding carboxylic acids is 1. The molecule has 0 saturated heterocycles. The minimum Gasteiger partial charge on any atom is -0.490 e. The van der Waals surface area contributed by atoms with Gasteiger partial charge in [0.2, 0.25) is 21.7 Å². The number of ether oxygens (including phenoxy) is 3. The Morgan fingerprint density at radius 1 is 0.854 bits per heavy atom. The number of nitrogens with zero attached hydrogens (tertiary/aromatic N) is 3. The van der Waals surface area contributed by atoms with E-state index in [1.165, 1.54) is 28.6 Å². The molecule has 11 nitrogen and oxygen atoms in total. The SMILES string of the molecule is CCCCN(CCCC)S(=O)(=O)c1ccc(C(=O)Nc2nnc(-c3cc(OCC)c(OCC)c(OCC)c3)o2)cc1. The van der Waals surface area contributed by atoms with E-state index in [1.807, 2.05) is 34.6 Å². The largest absolute Gasteiger partial charge is 0.490 e. The lowest BCUT2D eigenvalue weighted by atomic mass is 10.2. The van der Waals surface area contributed by atoms with Crippen LogP contribution >= 0.6 is 0 Å². The zero-order valence-electron chi connectivity index (χ0n) is 24.4. The number of amides is 1. The summed E-state index contributed by atoms with van der Waals surface area (Å²) >= 11 is 0. The van der Waals surface area contributed by atoms with E-state index >= 15 is 0 Å². The van der Waals surface area contributed by atoms with Crippen LogP contribution in [0.2, 0.25) is 0 Å². The van der Waals surface area contributed by atoms with Gasteiger partial charge in [0.25, 0.3) is 5.91 Å². The molecule has 0 unspecified atom stereocenters. The first kappa shape index (κ1) is 31.9. The Morgan fingerprint density at radius 3 is 1.93 bits per heavy atom. The predicted octanol–water partition coefficient (Wildman–Crippen LogP) is 5.78. The van der Waals surface area contributed by atoms with Gasteiger partial charge in [-0.1, -0.05) is 31.8 Å². The fraction of sp³-hybridized carbons (Fsp3) is 0.483. The summed E-state index contributed by atoms with van der Waals surface area (Å²) in [6.45, 7) is 11.8. The normalized spacial score (nSPS) is 11.5. The Morgan fingerprint density at radius 2 is 1.41 bits per heavy atom. The summed E-state index contributed by atoms with van der Waals surface area (Å²) in [5.74, 6) is 1.05. The second-order valence-electron chi connectivity index (χ2n) is 9.10. The van der Waals surface area contributed by atoms with Crippen LogP contribution in [0.3, 0.4) is 0 Å². The molecule has 224 valence electrons. The average Bonchev–Trinajstić information content (AvgIpc) is 3.43. The van der Waals surface area contributed by atoms with Crippen molar-refractivity contribution in [1.29, 1.82) is 0 Å². The smallest absolute Gasteiger partial charge is 0.322 e. The molecule has 0 radical (unpaired) electrons. The molecule has 1 heterocycles. The number of unbranched alkanes of at least 4 members (excludes halogenated alkanes) is 2. The molecule has 0 atom stereocenters. The molecule has 12 heteroatoms. The molecule has 0 aliphatic heterocycles. The highest BCUT2D eigenvalue weighted by atomic mass is 32.2. The molecule has 3 rings (SSSR count). The van der Waals surface area contributed by atoms with Crippen LogP contribution in [0.1, 0.15) is 70.7 Å². The molecule has 0 aliphatic carbocycles. The van der Waals surface area contributed by atoms with Gasteiger partial charge in [-0.2, -0.15) is 4.31 Å². The van der Waals surface area contributed by atoms with Crippen LogP contribution in [-0.2, 0) is 10.0 Å². The highest BCUT2D eigenvalue weighted by molar-refractivity contribution is 7.89. The molecule has 1 amide bonds. The summed E-state index contributed by atoms with van der Waals surface area (Å²) in [4.78, 5) is 13.0. The lowest BCUT2D eigenvalue weighted by Gasteiger charge is -2.22. The van der Waals surface area contributed by atoms with Gasteiger partial charge in [-0.25, -0.2) is 8.42 Å². The van der Waals surface area contributed by atoms with E-state index in [0.717, 1.165) is 25.7 Å². The van der Waals surface area contributed by atoms with Gasteiger partial charge in [0.1, 0.15) is 0 Å². The minimum atomic E-state index is -3.67. The maximum atomic E-state index is 13.2. The number of rotatable bonds is 17. The molecular formula is C29H40N4O7S. The number of carbonyl (C=O) groups is 1. The lowest BCUT2D eigenvalue weighted by Crippen LogP contribution is -2.33. The molecule has 2 aromatic carbocycles. The number of sulfonamides is 1. The first-order valence-electron chi connectivity index (χ1n) is 14.1. The molecular weight excluding hydrogens is 548 g/mol. The molecule has 0 aliphatic rings. The van der Waals surface area contributed by atoms with Gasteiger partial charge >= 0.3 is 6.01 Å². The van der Waals surface area contributed by atoms with Crippen LogP contribution in [0.15, 0.2) is 45.7 Å². The fourth-order valence-electron chi connectivity index (χ4n) is 4.02. The monoisotopic (exact) mass is 588 g/mol. The van der Waals surface area contributed by atoms with E-state index in [9.17, 15) is 13.2 Å². The Bertz CT molecular complexity index is 1340. The van der Waals surface area contributed by atoms with Crippen molar-refractivity contribution < 1.29 is 31.8 Å². The van der Waals surface area contributed by atoms with Gasteiger partial charge in [-0.15, -0.1) is 5.10 Å². The first-order valence-corrected chi connectivity index (χ1v) is 15.5. The molecule has 1 aromatic heterocycles. The van der Waals surface area contributed by atoms with Crippen molar-refractivity contribution in [3.8, 4) is 28.7 Å². The van der Waals surface area contributed by atoms with Crippen molar-refractivity contribution in [1.82, 2.24) is 14.5 Å². The number of anilines is 1. The van der Waals surface area contributed by atoms with E-state index in [2.05, 4.69) is 15.5 Å². The first-order chi connectivity index (χ1) is 19.8. The standard InChI is InChI=1S/C29H40N4O7S/c1-6-11-17-33(18-12-7-2)41(35,36)23-15-13-21(14-16-23)27(34)30-29-32-31-28(40-29)22-19-24(37-8-3)26(39-10-5)25(20-22)38-9-4/h13-16,19-20H,6-12,17-18H2,1-5H3,(H,30,32,34). The highest BCUT2D eigenvalue weighted by Gasteiger charge is 2.24. The average molecular weight is 589 g/mol. The van der Waals surface area contributed by atoms with Crippen molar-refractivity contribution >= 4 is 21.9 Å². The summed E-state index contributed by atoms with van der Waals surface area (Å²) in [6.07, 6.45) is 3.36. The Hall–Kier alpha value is -3.64. The van der Waals surface area contributed by atoms with E-state index in [0.29, 0.717) is 55.7 Å². The maximum Gasteiger partial charge on any atom is 0.322 e. The molecule has 0 spiro atoms. The van der Waals surface area contributed by atoms with Gasteiger partial charge in [0, 0.05) is 24.2 Å². The van der Waals surface area contributed by atoms with E-state index in [1.54, 1.807) is 12.1 Å². The number of hydrogen-bond donors (Lipinski definition) is 1. The third-order valence-electron chi connectivity index (χ3n) is 6.08. The zero-order valence-corrected chi connectivity index (χ0v) is 25.3. The molecule has 0 saturated carbocycles. The maximum absolute atomic E-state index is 13.2. The van der Waals surface area contributed by atoms with Gasteiger partial charge in [-0.05, 0) is 70.0 Å². The fourth-order valence-corrected chi connectivity index (χ4v) is 5.54. The Kier molecular flexibility index (Phi) is 12.0. The van der Waals surface area contributed by atoms with Crippen LogP contribution in [0, 0.1) is 0 Å². The van der Waals surface area contributed by atoms with Crippen LogP contribution < -0.4 is 19.5 Å². The van der Waals surface area contributed by atoms with Crippen LogP contribution in [-0.4, -0.2) is 61.7 Å². The molecule has 41 heavy (non-hydrogen) atoms. The lowest BCUT2D eigenvalue weighted by molar-refractivity contribution is 0.102. The van der Waals surface area contributed by atoms with Crippen LogP contribution in [0.25, 0.3) is 11.5 Å². The summed E-state index contributed by atoms with van der Waals surface area (Å²) < 4.78 is 50.9. The topological polar surface area (TPSA) is 133 Å². The molecule has 3 aromatic rings. The van der Waals surface area contributed by atoms with Crippen LogP contribution in [0.5, 0.6) is 17.2 Å². The zero-order chi connectivity index (χ0) is 29.8. The number of hydrogen-bond acceptors (Lipinski definition) is 9. The molecule has 1 N–H and O–H groups in total. The Balaban J connectivity index is 1.78. The quantitative estimate of drug-likeness (QED) is 0.208. The van der Waals surface area contributed by atoms with Crippen molar-refractivity contribution in [2.24, 2.45) is 0 Å². The Labute approximate surface area is 242 Å².